The summed E-state index contributed by atoms with van der Waals surface area (Å²) in [4.78, 5) is 15.7. The molecule has 10 heteroatoms. The molecule has 0 atom stereocenters. The van der Waals surface area contributed by atoms with E-state index < -0.39 is 0 Å². The van der Waals surface area contributed by atoms with E-state index in [2.05, 4.69) is 20.4 Å². The fourth-order valence-corrected chi connectivity index (χ4v) is 4.04. The van der Waals surface area contributed by atoms with E-state index in [9.17, 15) is 4.79 Å². The number of carbonyl (C=O) groups excluding carboxylic acids is 1. The average Bonchev–Trinajstić information content (AvgIpc) is 3.41. The quantitative estimate of drug-likeness (QED) is 0.637. The van der Waals surface area contributed by atoms with Crippen molar-refractivity contribution in [2.45, 2.75) is 6.54 Å². The van der Waals surface area contributed by atoms with Gasteiger partial charge in [0.15, 0.2) is 5.75 Å². The number of ether oxygens (including phenoxy) is 2. The van der Waals surface area contributed by atoms with Crippen LogP contribution < -0.4 is 15.0 Å². The number of methoxy groups -OCH3 is 1. The van der Waals surface area contributed by atoms with E-state index in [4.69, 9.17) is 25.5 Å². The lowest BCUT2D eigenvalue weighted by Gasteiger charge is -2.30. The van der Waals surface area contributed by atoms with Gasteiger partial charge in [-0.05, 0) is 24.3 Å². The maximum atomic E-state index is 12.8. The minimum Gasteiger partial charge on any atom is -0.494 e. The summed E-state index contributed by atoms with van der Waals surface area (Å²) < 4.78 is 17.2. The molecular weight excluding hydrogens is 416 g/mol. The van der Waals surface area contributed by atoms with E-state index in [0.29, 0.717) is 40.6 Å². The van der Waals surface area contributed by atoms with Gasteiger partial charge in [-0.15, -0.1) is 21.5 Å². The second-order valence-corrected chi connectivity index (χ2v) is 7.96. The summed E-state index contributed by atoms with van der Waals surface area (Å²) in [6.45, 7) is 2.90. The van der Waals surface area contributed by atoms with Gasteiger partial charge in [0.2, 0.25) is 5.89 Å². The molecule has 3 heterocycles. The van der Waals surface area contributed by atoms with Gasteiger partial charge in [0.25, 0.3) is 11.8 Å². The zero-order valence-corrected chi connectivity index (χ0v) is 17.3. The molecule has 1 amide bonds. The minimum atomic E-state index is -0.282. The molecule has 1 aromatic carbocycles. The van der Waals surface area contributed by atoms with Gasteiger partial charge >= 0.3 is 0 Å². The van der Waals surface area contributed by atoms with Crippen LogP contribution in [0.25, 0.3) is 10.8 Å². The number of morpholine rings is 1. The molecule has 0 radical (unpaired) electrons. The highest BCUT2D eigenvalue weighted by Crippen LogP contribution is 2.33. The Bertz CT molecular complexity index is 1000. The molecule has 4 rings (SSSR count). The molecule has 0 unspecified atom stereocenters. The predicted octanol–water partition coefficient (Wildman–Crippen LogP) is 3.23. The Balaban J connectivity index is 1.46. The Hall–Kier alpha value is -2.62. The van der Waals surface area contributed by atoms with Gasteiger partial charge in [-0.25, -0.2) is 0 Å². The Labute approximate surface area is 176 Å². The lowest BCUT2D eigenvalue weighted by atomic mass is 10.1. The second-order valence-electron chi connectivity index (χ2n) is 6.24. The van der Waals surface area contributed by atoms with E-state index in [0.717, 1.165) is 23.7 Å². The van der Waals surface area contributed by atoms with Crippen molar-refractivity contribution in [3.8, 4) is 16.5 Å². The summed E-state index contributed by atoms with van der Waals surface area (Å²) >= 11 is 7.28. The lowest BCUT2D eigenvalue weighted by molar-refractivity contribution is 0.0944. The van der Waals surface area contributed by atoms with Crippen molar-refractivity contribution < 1.29 is 18.7 Å². The van der Waals surface area contributed by atoms with Crippen LogP contribution in [0.2, 0.25) is 4.34 Å². The van der Waals surface area contributed by atoms with E-state index in [1.807, 2.05) is 18.2 Å². The number of aromatic nitrogens is 2. The SMILES string of the molecule is COc1c(C(=O)NCc2nnc(-c3ccc(Cl)s3)o2)cccc1N1CCOCC1. The van der Waals surface area contributed by atoms with E-state index in [1.54, 1.807) is 19.2 Å². The molecular formula is C19H19ClN4O4S. The molecule has 152 valence electrons. The number of para-hydroxylation sites is 1. The van der Waals surface area contributed by atoms with Crippen molar-refractivity contribution in [2.24, 2.45) is 0 Å². The van der Waals surface area contributed by atoms with Gasteiger partial charge in [-0.2, -0.15) is 0 Å². The Kier molecular flexibility index (Phi) is 5.98. The third kappa shape index (κ3) is 4.36. The summed E-state index contributed by atoms with van der Waals surface area (Å²) in [6, 6.07) is 9.09. The average molecular weight is 435 g/mol. The molecule has 2 aromatic heterocycles. The third-order valence-electron chi connectivity index (χ3n) is 4.45. The highest BCUT2D eigenvalue weighted by atomic mass is 35.5. The fourth-order valence-electron chi connectivity index (χ4n) is 3.08. The molecule has 1 saturated heterocycles. The smallest absolute Gasteiger partial charge is 0.257 e. The monoisotopic (exact) mass is 434 g/mol. The second kappa shape index (κ2) is 8.81. The van der Waals surface area contributed by atoms with Gasteiger partial charge < -0.3 is 24.1 Å². The first-order valence-electron chi connectivity index (χ1n) is 9.01. The number of amides is 1. The van der Waals surface area contributed by atoms with Crippen LogP contribution in [-0.2, 0) is 11.3 Å². The molecule has 0 spiro atoms. The number of thiophene rings is 1. The molecule has 3 aromatic rings. The van der Waals surface area contributed by atoms with Crippen LogP contribution in [0.1, 0.15) is 16.2 Å². The highest BCUT2D eigenvalue weighted by Gasteiger charge is 2.21. The largest absolute Gasteiger partial charge is 0.494 e. The van der Waals surface area contributed by atoms with Crippen molar-refractivity contribution in [3.63, 3.8) is 0 Å². The number of hydrogen-bond donors (Lipinski definition) is 1. The number of hydrogen-bond acceptors (Lipinski definition) is 8. The van der Waals surface area contributed by atoms with Crippen LogP contribution in [0.4, 0.5) is 5.69 Å². The molecule has 8 nitrogen and oxygen atoms in total. The number of rotatable bonds is 6. The Morgan fingerprint density at radius 1 is 1.28 bits per heavy atom. The van der Waals surface area contributed by atoms with Gasteiger partial charge in [0.05, 0.1) is 47.3 Å². The van der Waals surface area contributed by atoms with Crippen LogP contribution >= 0.6 is 22.9 Å². The first kappa shape index (κ1) is 19.7. The van der Waals surface area contributed by atoms with Crippen molar-refractivity contribution in [1.29, 1.82) is 0 Å². The summed E-state index contributed by atoms with van der Waals surface area (Å²) in [6.07, 6.45) is 0. The van der Waals surface area contributed by atoms with Crippen LogP contribution in [0.3, 0.4) is 0 Å². The van der Waals surface area contributed by atoms with Crippen molar-refractivity contribution in [1.82, 2.24) is 15.5 Å². The summed E-state index contributed by atoms with van der Waals surface area (Å²) in [5.74, 6) is 0.932. The zero-order chi connectivity index (χ0) is 20.2. The Morgan fingerprint density at radius 2 is 2.10 bits per heavy atom. The van der Waals surface area contributed by atoms with E-state index in [1.165, 1.54) is 11.3 Å². The molecule has 29 heavy (non-hydrogen) atoms. The van der Waals surface area contributed by atoms with E-state index in [-0.39, 0.29) is 12.5 Å². The highest BCUT2D eigenvalue weighted by molar-refractivity contribution is 7.19. The number of halogens is 1. The van der Waals surface area contributed by atoms with Crippen LogP contribution in [0.15, 0.2) is 34.7 Å². The van der Waals surface area contributed by atoms with E-state index >= 15 is 0 Å². The normalized spacial score (nSPS) is 14.1. The number of nitrogens with zero attached hydrogens (tertiary/aromatic N) is 3. The van der Waals surface area contributed by atoms with Gasteiger partial charge in [0.1, 0.15) is 0 Å². The first-order valence-corrected chi connectivity index (χ1v) is 10.2. The molecule has 1 fully saturated rings. The molecule has 1 aliphatic heterocycles. The van der Waals surface area contributed by atoms with Gasteiger partial charge in [-0.1, -0.05) is 17.7 Å². The Morgan fingerprint density at radius 3 is 2.83 bits per heavy atom. The number of carbonyl (C=O) groups is 1. The first-order chi connectivity index (χ1) is 14.2. The summed E-state index contributed by atoms with van der Waals surface area (Å²) in [5, 5.41) is 10.8. The number of benzene rings is 1. The summed E-state index contributed by atoms with van der Waals surface area (Å²) in [5.41, 5.74) is 1.32. The predicted molar refractivity (Wildman–Crippen MR) is 110 cm³/mol. The van der Waals surface area contributed by atoms with Crippen molar-refractivity contribution in [3.05, 3.63) is 46.1 Å². The van der Waals surface area contributed by atoms with Crippen LogP contribution in [0, 0.1) is 0 Å². The fraction of sp³-hybridized carbons (Fsp3) is 0.316. The maximum absolute atomic E-state index is 12.8. The third-order valence-corrected chi connectivity index (χ3v) is 5.66. The number of nitrogens with one attached hydrogen (secondary N) is 1. The van der Waals surface area contributed by atoms with Crippen LogP contribution in [-0.4, -0.2) is 49.5 Å². The minimum absolute atomic E-state index is 0.107. The standard InChI is InChI=1S/C19H19ClN4O4S/c1-26-17-12(3-2-4-13(17)24-7-9-27-10-8-24)18(25)21-11-16-22-23-19(28-16)14-5-6-15(20)29-14/h2-6H,7-11H2,1H3,(H,21,25). The molecule has 0 saturated carbocycles. The van der Waals surface area contributed by atoms with Gasteiger partial charge in [0, 0.05) is 13.1 Å². The number of anilines is 1. The molecule has 1 aliphatic rings. The molecule has 1 N–H and O–H groups in total. The van der Waals surface area contributed by atoms with Crippen LogP contribution in [0.5, 0.6) is 5.75 Å². The van der Waals surface area contributed by atoms with Crippen molar-refractivity contribution in [2.75, 3.05) is 38.3 Å². The summed E-state index contributed by atoms with van der Waals surface area (Å²) in [7, 11) is 1.56. The zero-order valence-electron chi connectivity index (χ0n) is 15.7. The lowest BCUT2D eigenvalue weighted by Crippen LogP contribution is -2.36. The maximum Gasteiger partial charge on any atom is 0.257 e. The molecule has 0 bridgehead atoms. The molecule has 0 aliphatic carbocycles. The van der Waals surface area contributed by atoms with Gasteiger partial charge in [-0.3, -0.25) is 4.79 Å². The van der Waals surface area contributed by atoms with Crippen molar-refractivity contribution >= 4 is 34.5 Å². The topological polar surface area (TPSA) is 89.7 Å².